The van der Waals surface area contributed by atoms with Gasteiger partial charge in [-0.3, -0.25) is 9.59 Å². The van der Waals surface area contributed by atoms with E-state index in [1.807, 2.05) is 42.5 Å². The van der Waals surface area contributed by atoms with Gasteiger partial charge in [-0.1, -0.05) is 42.5 Å². The zero-order valence-electron chi connectivity index (χ0n) is 21.1. The molecule has 2 rings (SSSR count). The summed E-state index contributed by atoms with van der Waals surface area (Å²) in [6.45, 7) is 0.309. The molecule has 2 aromatic rings. The van der Waals surface area contributed by atoms with E-state index in [1.165, 1.54) is 0 Å². The van der Waals surface area contributed by atoms with Crippen molar-refractivity contribution >= 4 is 40.6 Å². The molecule has 3 amide bonds. The van der Waals surface area contributed by atoms with Crippen LogP contribution in [-0.4, -0.2) is 76.9 Å². The molecule has 0 aromatic heterocycles. The van der Waals surface area contributed by atoms with Crippen LogP contribution in [0.3, 0.4) is 0 Å². The molecule has 12 nitrogen and oxygen atoms in total. The number of amides is 3. The highest BCUT2D eigenvalue weighted by molar-refractivity contribution is 5.86. The van der Waals surface area contributed by atoms with Gasteiger partial charge in [-0.2, -0.15) is 0 Å². The number of hydrogen-bond acceptors (Lipinski definition) is 6. The summed E-state index contributed by atoms with van der Waals surface area (Å²) in [4.78, 5) is 58.0. The zero-order chi connectivity index (χ0) is 28.1. The van der Waals surface area contributed by atoms with Crippen molar-refractivity contribution in [2.45, 2.75) is 56.7 Å². The van der Waals surface area contributed by atoms with Crippen molar-refractivity contribution in [3.05, 3.63) is 48.0 Å². The monoisotopic (exact) mass is 530 g/mol. The van der Waals surface area contributed by atoms with E-state index in [1.54, 1.807) is 7.05 Å². The molecule has 0 aliphatic rings. The van der Waals surface area contributed by atoms with Crippen LogP contribution in [-0.2, 0) is 25.6 Å². The summed E-state index contributed by atoms with van der Waals surface area (Å²) in [6.07, 6.45) is 0.566. The molecule has 0 aliphatic carbocycles. The zero-order valence-corrected chi connectivity index (χ0v) is 21.1. The molecule has 12 heteroatoms. The fourth-order valence-corrected chi connectivity index (χ4v) is 3.88. The number of likely N-dealkylation sites (N-methyl/N-ethyl adjacent to an activating group) is 1. The smallest absolute Gasteiger partial charge is 0.326 e. The number of carbonyl (C=O) groups is 5. The number of fused-ring (bicyclic) bond motifs is 1. The summed E-state index contributed by atoms with van der Waals surface area (Å²) < 4.78 is 0. The van der Waals surface area contributed by atoms with Gasteiger partial charge in [-0.15, -0.1) is 0 Å². The minimum absolute atomic E-state index is 0.0536. The number of rotatable bonds is 16. The molecule has 0 bridgehead atoms. The molecule has 0 saturated heterocycles. The van der Waals surface area contributed by atoms with Gasteiger partial charge in [0.2, 0.25) is 5.91 Å². The summed E-state index contributed by atoms with van der Waals surface area (Å²) >= 11 is 0. The van der Waals surface area contributed by atoms with Crippen molar-refractivity contribution in [1.82, 2.24) is 21.3 Å². The van der Waals surface area contributed by atoms with Crippen molar-refractivity contribution in [1.29, 1.82) is 0 Å². The molecule has 0 radical (unpaired) electrons. The molecule has 2 aromatic carbocycles. The standard InChI is InChI=1S/C26H34N4O8/c1-27-21(15-16-9-10-17-6-2-3-7-18(17)14-16)23(33)28-13-5-4-8-19(24(34)35)29-26(38)30-20(25(36)37)11-12-22(31)32/h2-3,6-7,9-10,14,19-21,27H,4-5,8,11-13,15H2,1H3,(H,28,33)(H,31,32)(H,34,35)(H,36,37)(H2,29,30,38)/t19-,20?,21?/m0/s1. The third-order valence-corrected chi connectivity index (χ3v) is 5.99. The highest BCUT2D eigenvalue weighted by atomic mass is 16.4. The number of carbonyl (C=O) groups excluding carboxylic acids is 2. The van der Waals surface area contributed by atoms with Gasteiger partial charge in [-0.25, -0.2) is 14.4 Å². The highest BCUT2D eigenvalue weighted by Crippen LogP contribution is 2.16. The molecule has 38 heavy (non-hydrogen) atoms. The van der Waals surface area contributed by atoms with Gasteiger partial charge in [0, 0.05) is 13.0 Å². The van der Waals surface area contributed by atoms with Crippen LogP contribution in [0.4, 0.5) is 4.79 Å². The van der Waals surface area contributed by atoms with E-state index in [4.69, 9.17) is 10.2 Å². The number of hydrogen-bond donors (Lipinski definition) is 7. The number of nitrogens with one attached hydrogen (secondary N) is 4. The van der Waals surface area contributed by atoms with Gasteiger partial charge in [0.25, 0.3) is 0 Å². The summed E-state index contributed by atoms with van der Waals surface area (Å²) in [6, 6.07) is 9.80. The van der Waals surface area contributed by atoms with E-state index in [9.17, 15) is 29.1 Å². The van der Waals surface area contributed by atoms with Crippen LogP contribution >= 0.6 is 0 Å². The Bertz CT molecular complexity index is 1140. The first kappa shape index (κ1) is 30.0. The quantitative estimate of drug-likeness (QED) is 0.157. The first-order valence-corrected chi connectivity index (χ1v) is 12.3. The van der Waals surface area contributed by atoms with E-state index >= 15 is 0 Å². The summed E-state index contributed by atoms with van der Waals surface area (Å²) in [5.74, 6) is -4.13. The van der Waals surface area contributed by atoms with Crippen molar-refractivity contribution in [3.63, 3.8) is 0 Å². The van der Waals surface area contributed by atoms with Crippen LogP contribution in [0.15, 0.2) is 42.5 Å². The van der Waals surface area contributed by atoms with Gasteiger partial charge in [0.15, 0.2) is 0 Å². The lowest BCUT2D eigenvalue weighted by molar-refractivity contribution is -0.140. The maximum absolute atomic E-state index is 12.6. The maximum atomic E-state index is 12.6. The molecule has 0 saturated carbocycles. The average Bonchev–Trinajstić information content (AvgIpc) is 2.88. The van der Waals surface area contributed by atoms with Crippen LogP contribution < -0.4 is 21.3 Å². The summed E-state index contributed by atoms with van der Waals surface area (Å²) in [5, 5.41) is 39.5. The highest BCUT2D eigenvalue weighted by Gasteiger charge is 2.25. The van der Waals surface area contributed by atoms with E-state index in [-0.39, 0.29) is 18.7 Å². The number of carboxylic acids is 3. The summed E-state index contributed by atoms with van der Waals surface area (Å²) in [5.41, 5.74) is 1.01. The molecule has 2 unspecified atom stereocenters. The lowest BCUT2D eigenvalue weighted by Crippen LogP contribution is -2.51. The van der Waals surface area contributed by atoms with Crippen molar-refractivity contribution in [2.75, 3.05) is 13.6 Å². The Kier molecular flexibility index (Phi) is 12.0. The van der Waals surface area contributed by atoms with Gasteiger partial charge in [-0.05, 0) is 55.5 Å². The third-order valence-electron chi connectivity index (χ3n) is 5.99. The Morgan fingerprint density at radius 3 is 2.03 bits per heavy atom. The largest absolute Gasteiger partial charge is 0.481 e. The second kappa shape index (κ2) is 15.2. The van der Waals surface area contributed by atoms with Crippen molar-refractivity contribution < 1.29 is 39.3 Å². The molecule has 3 atom stereocenters. The van der Waals surface area contributed by atoms with Gasteiger partial charge in [0.1, 0.15) is 12.1 Å². The second-order valence-corrected chi connectivity index (χ2v) is 8.85. The fourth-order valence-electron chi connectivity index (χ4n) is 3.88. The molecular weight excluding hydrogens is 496 g/mol. The first-order chi connectivity index (χ1) is 18.1. The molecule has 0 heterocycles. The Balaban J connectivity index is 1.77. The van der Waals surface area contributed by atoms with E-state index in [0.717, 1.165) is 16.3 Å². The molecule has 206 valence electrons. The van der Waals surface area contributed by atoms with E-state index in [2.05, 4.69) is 21.3 Å². The predicted molar refractivity (Wildman–Crippen MR) is 139 cm³/mol. The predicted octanol–water partition coefficient (Wildman–Crippen LogP) is 1.33. The molecule has 0 spiro atoms. The topological polar surface area (TPSA) is 194 Å². The molecule has 0 aliphatic heterocycles. The second-order valence-electron chi connectivity index (χ2n) is 8.85. The van der Waals surface area contributed by atoms with Crippen LogP contribution in [0.2, 0.25) is 0 Å². The average molecular weight is 531 g/mol. The Morgan fingerprint density at radius 1 is 0.789 bits per heavy atom. The normalized spacial score (nSPS) is 13.2. The van der Waals surface area contributed by atoms with Crippen LogP contribution in [0, 0.1) is 0 Å². The lowest BCUT2D eigenvalue weighted by Gasteiger charge is -2.19. The van der Waals surface area contributed by atoms with Crippen molar-refractivity contribution in [2.24, 2.45) is 0 Å². The van der Waals surface area contributed by atoms with Gasteiger partial charge < -0.3 is 36.6 Å². The number of benzene rings is 2. The number of aliphatic carboxylic acids is 3. The minimum atomic E-state index is -1.47. The Hall–Kier alpha value is -4.19. The van der Waals surface area contributed by atoms with Crippen molar-refractivity contribution in [3.8, 4) is 0 Å². The Labute approximate surface area is 219 Å². The minimum Gasteiger partial charge on any atom is -0.481 e. The van der Waals surface area contributed by atoms with Gasteiger partial charge >= 0.3 is 23.9 Å². The molecule has 0 fully saturated rings. The Morgan fingerprint density at radius 2 is 1.42 bits per heavy atom. The fraction of sp³-hybridized carbons (Fsp3) is 0.423. The van der Waals surface area contributed by atoms with E-state index in [0.29, 0.717) is 25.8 Å². The maximum Gasteiger partial charge on any atom is 0.326 e. The van der Waals surface area contributed by atoms with E-state index < -0.39 is 48.5 Å². The van der Waals surface area contributed by atoms with Crippen LogP contribution in [0.1, 0.15) is 37.7 Å². The summed E-state index contributed by atoms with van der Waals surface area (Å²) in [7, 11) is 1.70. The number of carboxylic acid groups (broad SMARTS) is 3. The third kappa shape index (κ3) is 10.1. The lowest BCUT2D eigenvalue weighted by atomic mass is 10.0. The van der Waals surface area contributed by atoms with Crippen LogP contribution in [0.25, 0.3) is 10.8 Å². The van der Waals surface area contributed by atoms with Crippen LogP contribution in [0.5, 0.6) is 0 Å². The SMILES string of the molecule is CNC(Cc1ccc2ccccc2c1)C(=O)NCCCC[C@H](NC(=O)NC(CCC(=O)O)C(=O)O)C(=O)O. The van der Waals surface area contributed by atoms with Gasteiger partial charge in [0.05, 0.1) is 6.04 Å². The molecule has 7 N–H and O–H groups in total. The number of unbranched alkanes of at least 4 members (excludes halogenated alkanes) is 1. The number of urea groups is 1. The first-order valence-electron chi connectivity index (χ1n) is 12.3. The molecular formula is C26H34N4O8.